The van der Waals surface area contributed by atoms with E-state index >= 15 is 0 Å². The molecule has 1 fully saturated rings. The van der Waals surface area contributed by atoms with Gasteiger partial charge in [-0.15, -0.1) is 0 Å². The fourth-order valence-electron chi connectivity index (χ4n) is 12.7. The summed E-state index contributed by atoms with van der Waals surface area (Å²) in [5, 5.41) is 52.3. The van der Waals surface area contributed by atoms with E-state index in [1.165, 1.54) is 95.5 Å². The maximum atomic E-state index is 12.9. The molecule has 15 aromatic rings. The number of carboxylic acids is 2. The molecule has 0 spiro atoms. The Morgan fingerprint density at radius 1 is 0.438 bits per heavy atom. The van der Waals surface area contributed by atoms with E-state index in [2.05, 4.69) is 77.3 Å². The quantitative estimate of drug-likeness (QED) is 0.0384. The Labute approximate surface area is 695 Å². The molecule has 628 valence electrons. The van der Waals surface area contributed by atoms with Gasteiger partial charge < -0.3 is 35.1 Å². The molecule has 0 bridgehead atoms. The molecule has 0 aliphatic heterocycles. The number of H-pyrrole nitrogens is 1. The second kappa shape index (κ2) is 40.9. The molecular weight excluding hydrogens is 1650 g/mol. The number of hydrogen-bond acceptors (Lipinski definition) is 15. The van der Waals surface area contributed by atoms with Crippen LogP contribution in [0.15, 0.2) is 248 Å². The van der Waals surface area contributed by atoms with E-state index in [1.807, 2.05) is 91.6 Å². The summed E-state index contributed by atoms with van der Waals surface area (Å²) in [4.78, 5) is 56.7. The van der Waals surface area contributed by atoms with Crippen LogP contribution >= 0.6 is 15.9 Å². The molecule has 10 aromatic carbocycles. The number of carboxylic acid groups (broad SMARTS) is 2. The fourth-order valence-corrected chi connectivity index (χ4v) is 13.1. The average Bonchev–Trinajstić information content (AvgIpc) is 1.68. The number of aryl methyl sites for hydroxylation is 2. The number of alkyl halides is 9. The topological polar surface area (TPSA) is 278 Å². The van der Waals surface area contributed by atoms with Crippen molar-refractivity contribution in [2.24, 2.45) is 0 Å². The molecule has 32 heteroatoms. The normalized spacial score (nSPS) is 13.1. The van der Waals surface area contributed by atoms with E-state index in [0.717, 1.165) is 86.0 Å². The zero-order chi connectivity index (χ0) is 87.3. The van der Waals surface area contributed by atoms with Crippen LogP contribution in [0.1, 0.15) is 126 Å². The first kappa shape index (κ1) is 90.0. The molecule has 16 rings (SSSR count). The zero-order valence-corrected chi connectivity index (χ0v) is 67.7. The number of nitrogens with zero attached hydrogens (tertiary/aromatic N) is 9. The molecule has 121 heavy (non-hydrogen) atoms. The number of ether oxygens (including phenoxy) is 3. The Hall–Kier alpha value is -13.3. The number of aromatic carboxylic acids is 2. The second-order valence-electron chi connectivity index (χ2n) is 27.2. The van der Waals surface area contributed by atoms with E-state index in [1.54, 1.807) is 98.4 Å². The van der Waals surface area contributed by atoms with Gasteiger partial charge in [-0.05, 0) is 243 Å². The minimum Gasteiger partial charge on any atom is -0.478 e. The van der Waals surface area contributed by atoms with Crippen LogP contribution < -0.4 is 10.6 Å². The first-order valence-corrected chi connectivity index (χ1v) is 38.6. The van der Waals surface area contributed by atoms with Gasteiger partial charge in [0, 0.05) is 55.9 Å². The lowest BCUT2D eigenvalue weighted by atomic mass is 9.91. The number of carbonyl (C=O) groups is 5. The molecule has 0 saturated heterocycles. The maximum Gasteiger partial charge on any atom is 0.416 e. The Morgan fingerprint density at radius 3 is 1.21 bits per heavy atom. The molecule has 0 radical (unpaired) electrons. The maximum absolute atomic E-state index is 12.9. The highest BCUT2D eigenvalue weighted by molar-refractivity contribution is 9.10. The standard InChI is InChI=1S/C17H13F3N2O2.C17H16N2O2.C15H9F3N2O2.C15H12N2O2.C10H10N2O2.C8H18N2.C7H4BrF3/c1-2-24-16(23)11-6-7-15-12(8-11)10-21-22(15)14-5-3-4-13(9-14)17(18,19)20;1-3-21-17(20)13-7-8-16-14(10-13)11-19(18-16)15-6-4-5-12(2)9-15;16-15(17,18)11-2-1-3-12(7-11)20-13-5-4-9(14(21)22)6-10(13)8-19-20;1-10-3-2-4-13(7-10)17-9-12-8-11(15(18)19)5-6-14(12)16-17;1-2-14-10(13)7-3-4-9-8(5-7)6-11-12-9;1-9-7-5-3-4-6-8(7)10-2;8-6-3-1-2-5(4-6)7(9,10)11/h3-10H,2H2,1H3;4-11H,3H2,1-2H3;1-8H,(H,21,22);2-9H,1H3,(H,18,19);3-6H,2H2,1H3,(H,11,12);7-10H,3-6H2,1-2H3;1-4H/t;;;;;7-,8-;/m.....1./s1. The molecule has 22 nitrogen and oxygen atoms in total. The number of likely N-dealkylation sites (N-methyl/N-ethyl adjacent to an activating group) is 2. The lowest BCUT2D eigenvalue weighted by molar-refractivity contribution is -0.138. The van der Waals surface area contributed by atoms with Crippen LogP contribution in [0, 0.1) is 13.8 Å². The smallest absolute Gasteiger partial charge is 0.416 e. The first-order chi connectivity index (χ1) is 57.7. The van der Waals surface area contributed by atoms with Crippen molar-refractivity contribution >= 4 is 100 Å². The summed E-state index contributed by atoms with van der Waals surface area (Å²) in [6, 6.07) is 57.0. The number of fused-ring (bicyclic) bond motifs is 5. The van der Waals surface area contributed by atoms with Crippen LogP contribution in [0.25, 0.3) is 77.3 Å². The van der Waals surface area contributed by atoms with Crippen LogP contribution in [0.5, 0.6) is 0 Å². The summed E-state index contributed by atoms with van der Waals surface area (Å²) in [7, 11) is 4.11. The third-order valence-corrected chi connectivity index (χ3v) is 19.1. The van der Waals surface area contributed by atoms with Gasteiger partial charge in [0.25, 0.3) is 0 Å². The minimum absolute atomic E-state index is 0.0936. The summed E-state index contributed by atoms with van der Waals surface area (Å²) in [5.74, 6) is -3.05. The first-order valence-electron chi connectivity index (χ1n) is 37.8. The van der Waals surface area contributed by atoms with Crippen molar-refractivity contribution in [3.05, 3.63) is 303 Å². The molecule has 1 aliphatic carbocycles. The van der Waals surface area contributed by atoms with Gasteiger partial charge in [-0.25, -0.2) is 42.7 Å². The largest absolute Gasteiger partial charge is 0.478 e. The van der Waals surface area contributed by atoms with Crippen molar-refractivity contribution < 1.29 is 87.9 Å². The second-order valence-corrected chi connectivity index (χ2v) is 28.1. The molecular formula is C89H82BrF9N12O10. The van der Waals surface area contributed by atoms with E-state index < -0.39 is 53.1 Å². The molecule has 2 atom stereocenters. The molecule has 1 aliphatic rings. The molecule has 0 amide bonds. The number of nitrogens with one attached hydrogen (secondary N) is 3. The van der Waals surface area contributed by atoms with Crippen LogP contribution in [0.4, 0.5) is 39.5 Å². The van der Waals surface area contributed by atoms with Gasteiger partial charge in [-0.2, -0.15) is 65.0 Å². The van der Waals surface area contributed by atoms with Crippen LogP contribution in [0.3, 0.4) is 0 Å². The van der Waals surface area contributed by atoms with Gasteiger partial charge in [-0.1, -0.05) is 71.2 Å². The summed E-state index contributed by atoms with van der Waals surface area (Å²) >= 11 is 2.95. The summed E-state index contributed by atoms with van der Waals surface area (Å²) in [6.45, 7) is 10.4. The summed E-state index contributed by atoms with van der Waals surface area (Å²) in [5.41, 5.74) is 8.24. The van der Waals surface area contributed by atoms with Crippen molar-refractivity contribution in [1.29, 1.82) is 0 Å². The third-order valence-electron chi connectivity index (χ3n) is 18.6. The Balaban J connectivity index is 0.000000151. The number of esters is 3. The van der Waals surface area contributed by atoms with E-state index in [-0.39, 0.29) is 35.4 Å². The highest BCUT2D eigenvalue weighted by atomic mass is 79.9. The highest BCUT2D eigenvalue weighted by Crippen LogP contribution is 2.35. The number of aromatic amines is 1. The number of hydrogen-bond donors (Lipinski definition) is 5. The summed E-state index contributed by atoms with van der Waals surface area (Å²) < 4.78 is 134. The Morgan fingerprint density at radius 2 is 0.802 bits per heavy atom. The molecule has 5 heterocycles. The van der Waals surface area contributed by atoms with Gasteiger partial charge in [0.05, 0.1) is 133 Å². The van der Waals surface area contributed by atoms with E-state index in [9.17, 15) is 63.5 Å². The number of aromatic nitrogens is 10. The molecule has 5 N–H and O–H groups in total. The third kappa shape index (κ3) is 24.2. The molecule has 0 unspecified atom stereocenters. The van der Waals surface area contributed by atoms with Gasteiger partial charge >= 0.3 is 48.4 Å². The van der Waals surface area contributed by atoms with Crippen LogP contribution in [-0.4, -0.2) is 135 Å². The van der Waals surface area contributed by atoms with E-state index in [0.29, 0.717) is 74.0 Å². The lowest BCUT2D eigenvalue weighted by Crippen LogP contribution is -2.47. The minimum atomic E-state index is -4.44. The average molecular weight is 1730 g/mol. The lowest BCUT2D eigenvalue weighted by Gasteiger charge is -2.30. The Kier molecular flexibility index (Phi) is 30.4. The van der Waals surface area contributed by atoms with Crippen molar-refractivity contribution in [3.8, 4) is 22.7 Å². The highest BCUT2D eigenvalue weighted by Gasteiger charge is 2.33. The van der Waals surface area contributed by atoms with Gasteiger partial charge in [0.2, 0.25) is 0 Å². The SMILES string of the molecule is CCOC(=O)c1ccc2[nH]ncc2c1.CCOC(=O)c1ccc2c(cnn2-c2cccc(C(F)(F)F)c2)c1.CCOC(=O)c1ccc2nn(-c3cccc(C)c3)cc2c1.CN[C@@H]1CCCC[C@H]1NC.Cc1cccc(-n2cc3cc(C(=O)O)ccc3n2)c1.FC(F)(F)c1cccc(Br)c1.O=C(O)c1ccc2c(cnn2-c2cccc(C(F)(F)F)c2)c1. The van der Waals surface area contributed by atoms with Crippen LogP contribution in [-0.2, 0) is 32.7 Å². The molecule has 5 aromatic heterocycles. The monoisotopic (exact) mass is 1730 g/mol. The van der Waals surface area contributed by atoms with Crippen molar-refractivity contribution in [2.45, 2.75) is 90.9 Å². The predicted octanol–water partition coefficient (Wildman–Crippen LogP) is 20.5. The van der Waals surface area contributed by atoms with E-state index in [4.69, 9.17) is 24.4 Å². The van der Waals surface area contributed by atoms with Crippen molar-refractivity contribution in [3.63, 3.8) is 0 Å². The number of halogens is 10. The van der Waals surface area contributed by atoms with Crippen molar-refractivity contribution in [2.75, 3.05) is 33.9 Å². The fraction of sp³-hybridized carbons (Fsp3) is 0.213. The number of rotatable bonds is 14. The molecule has 1 saturated carbocycles. The number of carbonyl (C=O) groups excluding carboxylic acids is 3. The van der Waals surface area contributed by atoms with Crippen molar-refractivity contribution in [1.82, 2.24) is 60.0 Å². The Bertz CT molecular complexity index is 6100. The zero-order valence-electron chi connectivity index (χ0n) is 66.2. The summed E-state index contributed by atoms with van der Waals surface area (Å²) in [6.07, 6.45) is 0.717. The van der Waals surface area contributed by atoms with Gasteiger partial charge in [-0.3, -0.25) is 5.10 Å². The predicted molar refractivity (Wildman–Crippen MR) is 445 cm³/mol. The van der Waals surface area contributed by atoms with Gasteiger partial charge in [0.15, 0.2) is 0 Å². The van der Waals surface area contributed by atoms with Crippen LogP contribution in [0.2, 0.25) is 0 Å². The number of benzene rings is 10. The van der Waals surface area contributed by atoms with Gasteiger partial charge in [0.1, 0.15) is 0 Å².